The second kappa shape index (κ2) is 9.70. The Balaban J connectivity index is 1.62. The van der Waals surface area contributed by atoms with E-state index in [1.54, 1.807) is 0 Å². The summed E-state index contributed by atoms with van der Waals surface area (Å²) >= 11 is 0. The zero-order valence-electron chi connectivity index (χ0n) is 15.7. The first-order chi connectivity index (χ1) is 13.3. The minimum atomic E-state index is 0.664. The van der Waals surface area contributed by atoms with E-state index in [4.69, 9.17) is 4.74 Å². The predicted molar refractivity (Wildman–Crippen MR) is 116 cm³/mol. The normalized spacial score (nSPS) is 10.5. The quantitative estimate of drug-likeness (QED) is 0.293. The van der Waals surface area contributed by atoms with Crippen LogP contribution in [-0.2, 0) is 11.3 Å². The van der Waals surface area contributed by atoms with Crippen molar-refractivity contribution in [3.05, 3.63) is 103 Å². The van der Waals surface area contributed by atoms with Crippen LogP contribution in [0, 0.1) is 0 Å². The summed E-state index contributed by atoms with van der Waals surface area (Å²) < 4.78 is 5.69. The molecule has 0 amide bonds. The Bertz CT molecular complexity index is 856. The minimum absolute atomic E-state index is 0.664. The number of benzene rings is 3. The molecule has 0 unspecified atom stereocenters. The van der Waals surface area contributed by atoms with Crippen LogP contribution >= 0.6 is 0 Å². The predicted octanol–water partition coefficient (Wildman–Crippen LogP) is 7.15. The van der Waals surface area contributed by atoms with Gasteiger partial charge in [0, 0.05) is 6.61 Å². The lowest BCUT2D eigenvalue weighted by atomic mass is 9.99. The van der Waals surface area contributed by atoms with Gasteiger partial charge in [0.2, 0.25) is 0 Å². The first-order valence-corrected chi connectivity index (χ1v) is 9.41. The van der Waals surface area contributed by atoms with Crippen LogP contribution in [-0.4, -0.2) is 6.61 Å². The number of allylic oxidation sites excluding steroid dienone is 1. The van der Waals surface area contributed by atoms with Gasteiger partial charge in [0.05, 0.1) is 6.61 Å². The maximum Gasteiger partial charge on any atom is 0.0716 e. The van der Waals surface area contributed by atoms with Crippen molar-refractivity contribution < 1.29 is 4.74 Å². The van der Waals surface area contributed by atoms with Gasteiger partial charge < -0.3 is 4.74 Å². The van der Waals surface area contributed by atoms with E-state index in [0.717, 1.165) is 25.0 Å². The van der Waals surface area contributed by atoms with Crippen LogP contribution in [0.2, 0.25) is 0 Å². The summed E-state index contributed by atoms with van der Waals surface area (Å²) in [6.45, 7) is 8.97. The topological polar surface area (TPSA) is 9.23 Å². The maximum atomic E-state index is 5.69. The molecule has 136 valence electrons. The molecule has 1 heteroatoms. The molecule has 0 saturated carbocycles. The Morgan fingerprint density at radius 1 is 0.667 bits per heavy atom. The van der Waals surface area contributed by atoms with Crippen LogP contribution in [0.3, 0.4) is 0 Å². The summed E-state index contributed by atoms with van der Waals surface area (Å²) in [6, 6.07) is 25.8. The molecule has 0 spiro atoms. The van der Waals surface area contributed by atoms with Crippen molar-refractivity contribution >= 4 is 6.08 Å². The van der Waals surface area contributed by atoms with E-state index < -0.39 is 0 Å². The van der Waals surface area contributed by atoms with Crippen molar-refractivity contribution in [2.75, 3.05) is 6.61 Å². The van der Waals surface area contributed by atoms with E-state index in [9.17, 15) is 0 Å². The molecule has 27 heavy (non-hydrogen) atoms. The van der Waals surface area contributed by atoms with E-state index >= 15 is 0 Å². The first kappa shape index (κ1) is 18.9. The number of unbranched alkanes of at least 4 members (excludes halogenated alkanes) is 1. The van der Waals surface area contributed by atoms with Crippen molar-refractivity contribution in [2.24, 2.45) is 0 Å². The summed E-state index contributed by atoms with van der Waals surface area (Å²) in [5.41, 5.74) is 7.23. The standard InChI is InChI=1S/C26H26O/c1-3-5-6-19-27-20-22-9-13-24(14-10-22)26-17-15-25(16-18-26)23-11-7-21(4-2)8-12-23/h3-4,7-18H,1-2,5-6,19-20H2. The fourth-order valence-corrected chi connectivity index (χ4v) is 2.98. The number of hydrogen-bond donors (Lipinski definition) is 0. The zero-order valence-corrected chi connectivity index (χ0v) is 15.7. The summed E-state index contributed by atoms with van der Waals surface area (Å²) in [5.74, 6) is 0. The van der Waals surface area contributed by atoms with Gasteiger partial charge in [0.25, 0.3) is 0 Å². The summed E-state index contributed by atoms with van der Waals surface area (Å²) in [4.78, 5) is 0. The molecule has 0 saturated heterocycles. The lowest BCUT2D eigenvalue weighted by Crippen LogP contribution is -1.95. The summed E-state index contributed by atoms with van der Waals surface area (Å²) in [5, 5.41) is 0. The molecule has 0 aliphatic heterocycles. The Morgan fingerprint density at radius 3 is 1.63 bits per heavy atom. The fourth-order valence-electron chi connectivity index (χ4n) is 2.98. The van der Waals surface area contributed by atoms with Crippen molar-refractivity contribution in [3.8, 4) is 22.3 Å². The number of ether oxygens (including phenoxy) is 1. The molecule has 1 nitrogen and oxygen atoms in total. The van der Waals surface area contributed by atoms with Gasteiger partial charge in [0.1, 0.15) is 0 Å². The van der Waals surface area contributed by atoms with Crippen molar-refractivity contribution in [1.82, 2.24) is 0 Å². The molecular weight excluding hydrogens is 328 g/mol. The largest absolute Gasteiger partial charge is 0.377 e. The summed E-state index contributed by atoms with van der Waals surface area (Å²) in [6.07, 6.45) is 5.83. The van der Waals surface area contributed by atoms with Crippen LogP contribution in [0.5, 0.6) is 0 Å². The highest BCUT2D eigenvalue weighted by molar-refractivity contribution is 5.71. The average Bonchev–Trinajstić information content (AvgIpc) is 2.74. The van der Waals surface area contributed by atoms with Crippen molar-refractivity contribution in [3.63, 3.8) is 0 Å². The van der Waals surface area contributed by atoms with Gasteiger partial charge in [-0.2, -0.15) is 0 Å². The third kappa shape index (κ3) is 5.29. The lowest BCUT2D eigenvalue weighted by molar-refractivity contribution is 0.119. The molecule has 3 aromatic carbocycles. The smallest absolute Gasteiger partial charge is 0.0716 e. The molecule has 0 bridgehead atoms. The second-order valence-electron chi connectivity index (χ2n) is 6.58. The van der Waals surface area contributed by atoms with Crippen molar-refractivity contribution in [1.29, 1.82) is 0 Å². The van der Waals surface area contributed by atoms with Crippen LogP contribution in [0.25, 0.3) is 28.3 Å². The van der Waals surface area contributed by atoms with Gasteiger partial charge >= 0.3 is 0 Å². The molecule has 0 heterocycles. The Hall–Kier alpha value is -2.90. The van der Waals surface area contributed by atoms with Gasteiger partial charge in [-0.05, 0) is 46.2 Å². The van der Waals surface area contributed by atoms with Gasteiger partial charge in [-0.3, -0.25) is 0 Å². The molecule has 0 aliphatic rings. The molecule has 0 atom stereocenters. The van der Waals surface area contributed by atoms with Crippen LogP contribution < -0.4 is 0 Å². The van der Waals surface area contributed by atoms with E-state index in [2.05, 4.69) is 86.0 Å². The number of rotatable bonds is 9. The van der Waals surface area contributed by atoms with E-state index in [1.807, 2.05) is 12.2 Å². The molecule has 3 rings (SSSR count). The third-order valence-electron chi connectivity index (χ3n) is 4.62. The Kier molecular flexibility index (Phi) is 6.78. The molecule has 3 aromatic rings. The molecule has 0 radical (unpaired) electrons. The van der Waals surface area contributed by atoms with Gasteiger partial charge in [-0.1, -0.05) is 91.5 Å². The van der Waals surface area contributed by atoms with Crippen LogP contribution in [0.4, 0.5) is 0 Å². The molecule has 0 aromatic heterocycles. The summed E-state index contributed by atoms with van der Waals surface area (Å²) in [7, 11) is 0. The monoisotopic (exact) mass is 354 g/mol. The van der Waals surface area contributed by atoms with E-state index in [0.29, 0.717) is 6.61 Å². The minimum Gasteiger partial charge on any atom is -0.377 e. The second-order valence-corrected chi connectivity index (χ2v) is 6.58. The molecule has 0 fully saturated rings. The lowest BCUT2D eigenvalue weighted by Gasteiger charge is -2.07. The van der Waals surface area contributed by atoms with Gasteiger partial charge in [0.15, 0.2) is 0 Å². The SMILES string of the molecule is C=CCCCOCc1ccc(-c2ccc(-c3ccc(C=C)cc3)cc2)cc1. The highest BCUT2D eigenvalue weighted by atomic mass is 16.5. The van der Waals surface area contributed by atoms with Crippen LogP contribution in [0.1, 0.15) is 24.0 Å². The Labute approximate surface area is 162 Å². The molecule has 0 aliphatic carbocycles. The van der Waals surface area contributed by atoms with Crippen molar-refractivity contribution in [2.45, 2.75) is 19.4 Å². The highest BCUT2D eigenvalue weighted by Gasteiger charge is 2.01. The fraction of sp³-hybridized carbons (Fsp3) is 0.154. The maximum absolute atomic E-state index is 5.69. The van der Waals surface area contributed by atoms with Crippen LogP contribution in [0.15, 0.2) is 92.0 Å². The first-order valence-electron chi connectivity index (χ1n) is 9.41. The molecular formula is C26H26O. The highest BCUT2D eigenvalue weighted by Crippen LogP contribution is 2.25. The molecule has 0 N–H and O–H groups in total. The van der Waals surface area contributed by atoms with Gasteiger partial charge in [-0.25, -0.2) is 0 Å². The average molecular weight is 354 g/mol. The number of hydrogen-bond acceptors (Lipinski definition) is 1. The van der Waals surface area contributed by atoms with E-state index in [1.165, 1.54) is 27.8 Å². The van der Waals surface area contributed by atoms with E-state index in [-0.39, 0.29) is 0 Å². The van der Waals surface area contributed by atoms with Gasteiger partial charge in [-0.15, -0.1) is 6.58 Å². The Morgan fingerprint density at radius 2 is 1.15 bits per heavy atom. The third-order valence-corrected chi connectivity index (χ3v) is 4.62. The zero-order chi connectivity index (χ0) is 18.9.